The fourth-order valence-corrected chi connectivity index (χ4v) is 7.54. The van der Waals surface area contributed by atoms with Crippen LogP contribution in [0.15, 0.2) is 42.5 Å². The summed E-state index contributed by atoms with van der Waals surface area (Å²) in [4.78, 5) is 45.2. The maximum Gasteiger partial charge on any atom is 0.414 e. The number of piperidine rings is 2. The van der Waals surface area contributed by atoms with Crippen molar-refractivity contribution >= 4 is 23.8 Å². The van der Waals surface area contributed by atoms with Crippen LogP contribution in [0.2, 0.25) is 0 Å². The molecule has 2 saturated heterocycles. The molecule has 3 aliphatic heterocycles. The highest BCUT2D eigenvalue weighted by Gasteiger charge is 2.48. The summed E-state index contributed by atoms with van der Waals surface area (Å²) >= 11 is 0. The highest BCUT2D eigenvalue weighted by atomic mass is 16.6. The lowest BCUT2D eigenvalue weighted by Gasteiger charge is -2.42. The number of benzene rings is 2. The number of para-hydroxylation sites is 1. The Morgan fingerprint density at radius 1 is 0.913 bits per heavy atom. The van der Waals surface area contributed by atoms with Crippen molar-refractivity contribution in [3.05, 3.63) is 53.6 Å². The second-order valence-electron chi connectivity index (χ2n) is 14.0. The number of anilines is 1. The number of likely N-dealkylation sites (tertiary alicyclic amines) is 2. The number of methoxy groups -OCH3 is 1. The van der Waals surface area contributed by atoms with Gasteiger partial charge in [-0.2, -0.15) is 0 Å². The number of rotatable bonds is 6. The molecule has 248 valence electrons. The Morgan fingerprint density at radius 3 is 2.26 bits per heavy atom. The molecule has 46 heavy (non-hydrogen) atoms. The molecule has 0 N–H and O–H groups in total. The Hall–Kier alpha value is -3.95. The molecule has 1 aliphatic carbocycles. The average molecular weight is 634 g/mol. The van der Waals surface area contributed by atoms with E-state index in [-0.39, 0.29) is 30.2 Å². The monoisotopic (exact) mass is 633 g/mol. The zero-order valence-corrected chi connectivity index (χ0v) is 27.6. The molecule has 0 radical (unpaired) electrons. The van der Waals surface area contributed by atoms with Crippen LogP contribution >= 0.6 is 0 Å². The average Bonchev–Trinajstić information content (AvgIpc) is 3.55. The van der Waals surface area contributed by atoms with Gasteiger partial charge in [-0.3, -0.25) is 9.69 Å². The second-order valence-corrected chi connectivity index (χ2v) is 14.0. The zero-order valence-electron chi connectivity index (χ0n) is 27.6. The van der Waals surface area contributed by atoms with Crippen LogP contribution in [-0.2, 0) is 26.3 Å². The Morgan fingerprint density at radius 2 is 1.59 bits per heavy atom. The van der Waals surface area contributed by atoms with E-state index >= 15 is 0 Å². The third-order valence-corrected chi connectivity index (χ3v) is 9.87. The van der Waals surface area contributed by atoms with Crippen molar-refractivity contribution in [3.63, 3.8) is 0 Å². The highest BCUT2D eigenvalue weighted by molar-refractivity contribution is 5.92. The molecule has 6 rings (SSSR count). The molecule has 10 nitrogen and oxygen atoms in total. The van der Waals surface area contributed by atoms with Crippen molar-refractivity contribution in [3.8, 4) is 11.5 Å². The van der Waals surface area contributed by atoms with E-state index in [1.807, 2.05) is 68.1 Å². The topological polar surface area (TPSA) is 97.8 Å². The number of nitrogens with zero attached hydrogens (tertiary/aromatic N) is 3. The maximum absolute atomic E-state index is 14.4. The van der Waals surface area contributed by atoms with Gasteiger partial charge < -0.3 is 28.7 Å². The fourth-order valence-electron chi connectivity index (χ4n) is 7.54. The Balaban J connectivity index is 1.11. The van der Waals surface area contributed by atoms with Crippen molar-refractivity contribution in [1.29, 1.82) is 0 Å². The van der Waals surface area contributed by atoms with E-state index in [1.54, 1.807) is 16.9 Å². The minimum atomic E-state index is -0.647. The molecule has 0 bridgehead atoms. The summed E-state index contributed by atoms with van der Waals surface area (Å²) in [5.41, 5.74) is 1.67. The molecule has 0 aromatic heterocycles. The molecule has 2 aromatic carbocycles. The van der Waals surface area contributed by atoms with Crippen LogP contribution in [0.1, 0.15) is 83.3 Å². The largest absolute Gasteiger partial charge is 0.496 e. The van der Waals surface area contributed by atoms with Gasteiger partial charge in [0.05, 0.1) is 18.2 Å². The van der Waals surface area contributed by atoms with Crippen molar-refractivity contribution in [1.82, 2.24) is 9.80 Å². The van der Waals surface area contributed by atoms with Crippen LogP contribution in [0.4, 0.5) is 15.3 Å². The van der Waals surface area contributed by atoms with Gasteiger partial charge in [0.2, 0.25) is 5.91 Å². The van der Waals surface area contributed by atoms with Crippen LogP contribution in [-0.4, -0.2) is 78.9 Å². The Labute approximate surface area is 271 Å². The standard InChI is InChI=1S/C36H47N3O7/c1-35(2,3)46-33(41)38-21-15-27(16-22-38)45-28-11-12-29(31(23-28)43-4)36(17-7-8-18-36)32(40)37-19-13-26(14-20-37)39-30-10-6-5-9-25(30)24-44-34(39)42/h5-6,9-12,23,26-27H,7-8,13-22,24H2,1-4H3. The lowest BCUT2D eigenvalue weighted by molar-refractivity contribution is -0.138. The molecule has 0 atom stereocenters. The molecule has 0 spiro atoms. The van der Waals surface area contributed by atoms with Gasteiger partial charge in [-0.1, -0.05) is 37.1 Å². The minimum absolute atomic E-state index is 0.0144. The summed E-state index contributed by atoms with van der Waals surface area (Å²) in [7, 11) is 1.65. The molecule has 3 amide bonds. The van der Waals surface area contributed by atoms with Crippen LogP contribution in [0.3, 0.4) is 0 Å². The molecule has 3 heterocycles. The number of fused-ring (bicyclic) bond motifs is 1. The van der Waals surface area contributed by atoms with Gasteiger partial charge in [0.25, 0.3) is 0 Å². The summed E-state index contributed by atoms with van der Waals surface area (Å²) in [6.45, 7) is 8.24. The normalized spacial score (nSPS) is 20.6. The minimum Gasteiger partial charge on any atom is -0.496 e. The molecular formula is C36H47N3O7. The quantitative estimate of drug-likeness (QED) is 0.362. The van der Waals surface area contributed by atoms with Gasteiger partial charge >= 0.3 is 12.2 Å². The lowest BCUT2D eigenvalue weighted by atomic mass is 9.76. The first-order chi connectivity index (χ1) is 22.1. The van der Waals surface area contributed by atoms with Crippen molar-refractivity contribution in [2.45, 2.75) is 102 Å². The Kier molecular flexibility index (Phi) is 9.08. The van der Waals surface area contributed by atoms with Crippen molar-refractivity contribution in [2.24, 2.45) is 0 Å². The first-order valence-electron chi connectivity index (χ1n) is 16.7. The SMILES string of the molecule is COc1cc(OC2CCN(C(=O)OC(C)(C)C)CC2)ccc1C1(C(=O)N2CCC(N3C(=O)OCc4ccccc43)CC2)CCCC1. The number of amides is 3. The summed E-state index contributed by atoms with van der Waals surface area (Å²) < 4.78 is 23.3. The number of cyclic esters (lactones) is 1. The molecule has 2 aromatic rings. The number of carbonyl (C=O) groups is 3. The summed E-state index contributed by atoms with van der Waals surface area (Å²) in [6.07, 6.45) is 5.71. The van der Waals surface area contributed by atoms with Crippen LogP contribution in [0.25, 0.3) is 0 Å². The first kappa shape index (κ1) is 32.0. The van der Waals surface area contributed by atoms with E-state index in [0.29, 0.717) is 70.0 Å². The smallest absolute Gasteiger partial charge is 0.414 e. The van der Waals surface area contributed by atoms with E-state index in [4.69, 9.17) is 18.9 Å². The zero-order chi connectivity index (χ0) is 32.5. The van der Waals surface area contributed by atoms with Gasteiger partial charge in [-0.15, -0.1) is 0 Å². The third-order valence-electron chi connectivity index (χ3n) is 9.87. The molecule has 3 fully saturated rings. The van der Waals surface area contributed by atoms with Gasteiger partial charge in [-0.05, 0) is 58.6 Å². The van der Waals surface area contributed by atoms with E-state index in [0.717, 1.165) is 42.5 Å². The van der Waals surface area contributed by atoms with Crippen molar-refractivity contribution in [2.75, 3.05) is 38.2 Å². The molecule has 0 unspecified atom stereocenters. The highest BCUT2D eigenvalue weighted by Crippen LogP contribution is 2.47. The lowest BCUT2D eigenvalue weighted by Crippen LogP contribution is -2.53. The van der Waals surface area contributed by atoms with E-state index in [1.165, 1.54) is 0 Å². The van der Waals surface area contributed by atoms with Gasteiger partial charge in [0.15, 0.2) is 0 Å². The molecule has 10 heteroatoms. The van der Waals surface area contributed by atoms with E-state index in [2.05, 4.69) is 0 Å². The van der Waals surface area contributed by atoms with Gasteiger partial charge in [-0.25, -0.2) is 9.59 Å². The van der Waals surface area contributed by atoms with E-state index in [9.17, 15) is 14.4 Å². The number of carbonyl (C=O) groups excluding carboxylic acids is 3. The van der Waals surface area contributed by atoms with Crippen LogP contribution in [0.5, 0.6) is 11.5 Å². The van der Waals surface area contributed by atoms with Crippen molar-refractivity contribution < 1.29 is 33.3 Å². The second kappa shape index (κ2) is 13.0. The first-order valence-corrected chi connectivity index (χ1v) is 16.7. The van der Waals surface area contributed by atoms with Crippen LogP contribution in [0, 0.1) is 0 Å². The predicted octanol–water partition coefficient (Wildman–Crippen LogP) is 6.43. The summed E-state index contributed by atoms with van der Waals surface area (Å²) in [5.74, 6) is 1.51. The maximum atomic E-state index is 14.4. The fraction of sp³-hybridized carbons (Fsp3) is 0.583. The Bertz CT molecular complexity index is 1430. The molecule has 1 saturated carbocycles. The van der Waals surface area contributed by atoms with E-state index < -0.39 is 11.0 Å². The molecule has 4 aliphatic rings. The summed E-state index contributed by atoms with van der Waals surface area (Å²) in [5, 5.41) is 0. The number of hydrogen-bond acceptors (Lipinski definition) is 7. The molecular weight excluding hydrogens is 586 g/mol. The van der Waals surface area contributed by atoms with Gasteiger partial charge in [0.1, 0.15) is 29.8 Å². The third kappa shape index (κ3) is 6.48. The van der Waals surface area contributed by atoms with Gasteiger partial charge in [0, 0.05) is 62.3 Å². The summed E-state index contributed by atoms with van der Waals surface area (Å²) in [6, 6.07) is 13.8. The predicted molar refractivity (Wildman–Crippen MR) is 173 cm³/mol. The number of hydrogen-bond donors (Lipinski definition) is 0. The number of ether oxygens (including phenoxy) is 4. The van der Waals surface area contributed by atoms with Crippen LogP contribution < -0.4 is 14.4 Å².